The predicted octanol–water partition coefficient (Wildman–Crippen LogP) is 2.34. The molecule has 6 rings (SSSR count). The quantitative estimate of drug-likeness (QED) is 0.0803. The number of carbonyl (C=O) groups is 6. The van der Waals surface area contributed by atoms with E-state index in [2.05, 4.69) is 78.5 Å². The average Bonchev–Trinajstić information content (AvgIpc) is 3.59. The van der Waals surface area contributed by atoms with Crippen LogP contribution < -0.4 is 38.1 Å². The summed E-state index contributed by atoms with van der Waals surface area (Å²) in [6.07, 6.45) is 3.70. The number of nitrogens with one attached hydrogen (secondary N) is 5. The van der Waals surface area contributed by atoms with Gasteiger partial charge in [-0.25, -0.2) is 0 Å². The number of aliphatic hydroxyl groups excluding tert-OH is 1. The Morgan fingerprint density at radius 2 is 1.47 bits per heavy atom. The first-order chi connectivity index (χ1) is 29.4. The number of amides is 6. The van der Waals surface area contributed by atoms with Gasteiger partial charge < -0.3 is 52.6 Å². The van der Waals surface area contributed by atoms with Crippen molar-refractivity contribution >= 4 is 35.4 Å². The molecule has 2 bridgehead atoms. The maximum atomic E-state index is 13.7. The van der Waals surface area contributed by atoms with Gasteiger partial charge in [0.2, 0.25) is 29.5 Å². The number of carbonyl (C=O) groups excluding carboxylic acids is 6. The van der Waals surface area contributed by atoms with Gasteiger partial charge in [0.1, 0.15) is 24.2 Å². The summed E-state index contributed by atoms with van der Waals surface area (Å²) in [5.74, 6) is -3.65. The van der Waals surface area contributed by atoms with E-state index in [1.165, 1.54) is 19.4 Å². The van der Waals surface area contributed by atoms with Gasteiger partial charge in [-0.2, -0.15) is 0 Å². The van der Waals surface area contributed by atoms with Gasteiger partial charge in [0.25, 0.3) is 5.91 Å². The van der Waals surface area contributed by atoms with Crippen molar-refractivity contribution in [2.45, 2.75) is 148 Å². The highest BCUT2D eigenvalue weighted by Crippen LogP contribution is 2.65. The smallest absolute Gasteiger partial charge is 0.251 e. The maximum absolute atomic E-state index is 13.7. The Balaban J connectivity index is 1.15. The van der Waals surface area contributed by atoms with Crippen LogP contribution in [0, 0.1) is 17.3 Å². The summed E-state index contributed by atoms with van der Waals surface area (Å²) in [6.45, 7) is 11.7. The van der Waals surface area contributed by atoms with Crippen molar-refractivity contribution in [3.05, 3.63) is 59.7 Å². The lowest BCUT2D eigenvalue weighted by Gasteiger charge is -2.63. The van der Waals surface area contributed by atoms with Crippen LogP contribution in [0.3, 0.4) is 0 Å². The topological polar surface area (TPSA) is 253 Å². The molecule has 0 aromatic heterocycles. The van der Waals surface area contributed by atoms with E-state index in [1.54, 1.807) is 12.1 Å². The Morgan fingerprint density at radius 1 is 0.806 bits per heavy atom. The first-order valence-electron chi connectivity index (χ1n) is 22.1. The van der Waals surface area contributed by atoms with Gasteiger partial charge in [-0.05, 0) is 118 Å². The molecule has 4 aliphatic rings. The number of benzene rings is 2. The fraction of sp³-hybridized carbons (Fsp3) is 0.609. The highest BCUT2D eigenvalue weighted by Gasteiger charge is 2.67. The van der Waals surface area contributed by atoms with Crippen LogP contribution in [0.1, 0.15) is 109 Å². The summed E-state index contributed by atoms with van der Waals surface area (Å²) in [6, 6.07) is 10.0. The lowest BCUT2D eigenvalue weighted by molar-refractivity contribution is -0.208. The summed E-state index contributed by atoms with van der Waals surface area (Å²) in [5, 5.41) is 23.5. The van der Waals surface area contributed by atoms with Crippen LogP contribution in [0.4, 0.5) is 0 Å². The number of aryl methyl sites for hydroxylation is 1. The van der Waals surface area contributed by atoms with Crippen molar-refractivity contribution in [2.75, 3.05) is 13.1 Å². The van der Waals surface area contributed by atoms with E-state index < -0.39 is 84.0 Å². The highest BCUT2D eigenvalue weighted by atomic mass is 16.7. The molecule has 16 nitrogen and oxygen atoms in total. The average molecular weight is 862 g/mol. The van der Waals surface area contributed by atoms with Crippen molar-refractivity contribution in [2.24, 2.45) is 28.7 Å². The first-order valence-corrected chi connectivity index (χ1v) is 22.1. The van der Waals surface area contributed by atoms with E-state index in [4.69, 9.17) is 20.9 Å². The van der Waals surface area contributed by atoms with Crippen molar-refractivity contribution < 1.29 is 43.3 Å². The summed E-state index contributed by atoms with van der Waals surface area (Å²) < 4.78 is 12.5. The minimum atomic E-state index is -1.53. The van der Waals surface area contributed by atoms with E-state index in [0.29, 0.717) is 36.8 Å². The van der Waals surface area contributed by atoms with E-state index in [1.807, 2.05) is 12.1 Å². The second-order valence-electron chi connectivity index (χ2n) is 18.0. The number of unbranched alkanes of at least 4 members (excludes halogenated alkanes) is 2. The van der Waals surface area contributed by atoms with Gasteiger partial charge in [-0.15, -0.1) is 0 Å². The van der Waals surface area contributed by atoms with E-state index >= 15 is 0 Å². The molecular formula is C46H67N7O9. The zero-order valence-electron chi connectivity index (χ0n) is 37.0. The van der Waals surface area contributed by atoms with Crippen LogP contribution in [-0.2, 0) is 39.9 Å². The molecule has 1 heterocycles. The Kier molecular flexibility index (Phi) is 16.3. The van der Waals surface area contributed by atoms with Crippen LogP contribution in [0.2, 0.25) is 0 Å². The molecule has 4 fully saturated rings. The zero-order valence-corrected chi connectivity index (χ0v) is 37.0. The number of nitrogens with two attached hydrogens (primary N) is 2. The van der Waals surface area contributed by atoms with Gasteiger partial charge in [0, 0.05) is 5.56 Å². The standard InChI is InChI=1S/C46H67N7O9/c1-7-8-11-28-13-15-29(16-14-28)30-17-19-31(20-18-30)41(57)51-33(12-9-10-21-47)43(59)53-39(27(3)54)44(60)50-26(2)40(56)52-34(24-37(48)55)42(58)49-25-38-61-36-23-32-22-35(45(32,4)5)46(36,6)62-38/h13-20,26-27,32-36,38-39,54H,7-12,21-25,47H2,1-6H3,(H2,48,55)(H,49,58)(H,50,60)(H,51,57)(H,52,56)(H,53,59)/t26-,27?,32-,33-,34-,35-,36?,38?,39-,46-/m0/s1. The molecule has 62 heavy (non-hydrogen) atoms. The summed E-state index contributed by atoms with van der Waals surface area (Å²) in [7, 11) is 0. The molecule has 10 N–H and O–H groups in total. The first kappa shape index (κ1) is 48.1. The molecule has 10 atom stereocenters. The fourth-order valence-corrected chi connectivity index (χ4v) is 9.14. The van der Waals surface area contributed by atoms with Crippen molar-refractivity contribution in [3.63, 3.8) is 0 Å². The van der Waals surface area contributed by atoms with Gasteiger partial charge in [0.15, 0.2) is 6.29 Å². The molecule has 0 radical (unpaired) electrons. The van der Waals surface area contributed by atoms with Crippen molar-refractivity contribution in [1.29, 1.82) is 0 Å². The minimum Gasteiger partial charge on any atom is -0.391 e. The maximum Gasteiger partial charge on any atom is 0.251 e. The molecule has 2 aromatic carbocycles. The van der Waals surface area contributed by atoms with Gasteiger partial charge >= 0.3 is 0 Å². The van der Waals surface area contributed by atoms with E-state index in [9.17, 15) is 33.9 Å². The number of hydrogen-bond donors (Lipinski definition) is 8. The fourth-order valence-electron chi connectivity index (χ4n) is 9.14. The molecule has 0 spiro atoms. The van der Waals surface area contributed by atoms with Crippen LogP contribution in [0.25, 0.3) is 11.1 Å². The lowest BCUT2D eigenvalue weighted by atomic mass is 9.43. The lowest BCUT2D eigenvalue weighted by Crippen LogP contribution is -2.65. The third kappa shape index (κ3) is 11.6. The monoisotopic (exact) mass is 862 g/mol. The summed E-state index contributed by atoms with van der Waals surface area (Å²) >= 11 is 0. The summed E-state index contributed by atoms with van der Waals surface area (Å²) in [5.41, 5.74) is 14.3. The second kappa shape index (κ2) is 21.0. The summed E-state index contributed by atoms with van der Waals surface area (Å²) in [4.78, 5) is 79.1. The number of ether oxygens (including phenoxy) is 2. The van der Waals surface area contributed by atoms with Crippen LogP contribution >= 0.6 is 0 Å². The van der Waals surface area contributed by atoms with Crippen LogP contribution in [0.15, 0.2) is 48.5 Å². The molecule has 3 aliphatic carbocycles. The number of aliphatic hydroxyl groups is 1. The molecule has 1 aliphatic heterocycles. The molecule has 16 heteroatoms. The number of rotatable bonds is 22. The molecule has 3 saturated carbocycles. The third-order valence-corrected chi connectivity index (χ3v) is 13.1. The van der Waals surface area contributed by atoms with Gasteiger partial charge in [-0.3, -0.25) is 28.8 Å². The third-order valence-electron chi connectivity index (χ3n) is 13.1. The SMILES string of the molecule is CCCCc1ccc(-c2ccc(C(=O)N[C@@H](CCCCN)C(=O)N[C@H](C(=O)N[C@@H](C)C(=O)N[C@@H](CC(N)=O)C(=O)NCC3OC4C[C@@H]5C[C@@H](C5(C)C)[C@]4(C)O3)C(C)O)cc2)cc1. The van der Waals surface area contributed by atoms with Gasteiger partial charge in [-0.1, -0.05) is 63.6 Å². The number of primary amides is 1. The highest BCUT2D eigenvalue weighted by molar-refractivity contribution is 5.99. The van der Waals surface area contributed by atoms with Gasteiger partial charge in [0.05, 0.1) is 30.8 Å². The zero-order chi connectivity index (χ0) is 45.4. The Bertz CT molecular complexity index is 1910. The van der Waals surface area contributed by atoms with Crippen LogP contribution in [0.5, 0.6) is 0 Å². The molecule has 2 aromatic rings. The molecular weight excluding hydrogens is 795 g/mol. The largest absolute Gasteiger partial charge is 0.391 e. The van der Waals surface area contributed by atoms with E-state index in [-0.39, 0.29) is 24.5 Å². The second-order valence-corrected chi connectivity index (χ2v) is 18.0. The Labute approximate surface area is 364 Å². The molecule has 1 saturated heterocycles. The minimum absolute atomic E-state index is 0.0237. The Morgan fingerprint density at radius 3 is 2.06 bits per heavy atom. The van der Waals surface area contributed by atoms with Crippen LogP contribution in [-0.4, -0.2) is 102 Å². The normalized spacial score (nSPS) is 24.5. The predicted molar refractivity (Wildman–Crippen MR) is 233 cm³/mol. The van der Waals surface area contributed by atoms with Crippen molar-refractivity contribution in [1.82, 2.24) is 26.6 Å². The number of hydrogen-bond acceptors (Lipinski definition) is 10. The molecule has 340 valence electrons. The molecule has 6 amide bonds. The van der Waals surface area contributed by atoms with E-state index in [0.717, 1.165) is 43.2 Å². The molecule has 3 unspecified atom stereocenters. The van der Waals surface area contributed by atoms with Crippen molar-refractivity contribution in [3.8, 4) is 11.1 Å². The Hall–Kier alpha value is -4.90.